The lowest BCUT2D eigenvalue weighted by atomic mass is 9.95. The molecule has 2 heterocycles. The Kier molecular flexibility index (Phi) is 5.49. The fourth-order valence-electron chi connectivity index (χ4n) is 2.63. The van der Waals surface area contributed by atoms with Crippen LogP contribution in [0.4, 0.5) is 5.95 Å². The van der Waals surface area contributed by atoms with Gasteiger partial charge in [0, 0.05) is 23.5 Å². The summed E-state index contributed by atoms with van der Waals surface area (Å²) in [6, 6.07) is 5.50. The summed E-state index contributed by atoms with van der Waals surface area (Å²) in [4.78, 5) is 7.43. The van der Waals surface area contributed by atoms with Gasteiger partial charge in [0.25, 0.3) is 0 Å². The second kappa shape index (κ2) is 7.44. The van der Waals surface area contributed by atoms with Crippen molar-refractivity contribution in [2.24, 2.45) is 5.73 Å². The maximum Gasteiger partial charge on any atom is 0.245 e. The van der Waals surface area contributed by atoms with Crippen LogP contribution in [0.3, 0.4) is 0 Å². The Morgan fingerprint density at radius 2 is 2.04 bits per heavy atom. The Morgan fingerprint density at radius 1 is 1.21 bits per heavy atom. The Bertz CT molecular complexity index is 708. The van der Waals surface area contributed by atoms with Crippen molar-refractivity contribution < 1.29 is 0 Å². The predicted molar refractivity (Wildman–Crippen MR) is 99.1 cm³/mol. The monoisotopic (exact) mass is 383 g/mol. The minimum Gasteiger partial charge on any atom is -0.339 e. The summed E-state index contributed by atoms with van der Waals surface area (Å²) in [5.74, 6) is 0.647. The van der Waals surface area contributed by atoms with Gasteiger partial charge in [-0.05, 0) is 38.3 Å². The van der Waals surface area contributed by atoms with E-state index in [1.807, 2.05) is 12.1 Å². The lowest BCUT2D eigenvalue weighted by molar-refractivity contribution is 0.421. The molecule has 0 saturated carbocycles. The molecule has 0 amide bonds. The maximum absolute atomic E-state index is 6.24. The van der Waals surface area contributed by atoms with Crippen molar-refractivity contribution in [3.63, 3.8) is 0 Å². The molecule has 1 atom stereocenters. The molecule has 1 aliphatic heterocycles. The molecule has 1 aromatic carbocycles. The molecule has 0 spiro atoms. The van der Waals surface area contributed by atoms with E-state index < -0.39 is 0 Å². The largest absolute Gasteiger partial charge is 0.339 e. The van der Waals surface area contributed by atoms with Crippen LogP contribution < -0.4 is 10.6 Å². The fourth-order valence-corrected chi connectivity index (χ4v) is 3.86. The topological polar surface area (TPSA) is 67.9 Å². The van der Waals surface area contributed by atoms with Crippen LogP contribution in [0.5, 0.6) is 0 Å². The van der Waals surface area contributed by atoms with Crippen molar-refractivity contribution in [1.29, 1.82) is 0 Å². The molecular formula is C16H19Cl2N5S. The molecule has 1 aliphatic rings. The molecule has 1 fully saturated rings. The van der Waals surface area contributed by atoms with Gasteiger partial charge in [-0.15, -0.1) is 10.2 Å². The lowest BCUT2D eigenvalue weighted by Gasteiger charge is -2.23. The van der Waals surface area contributed by atoms with E-state index in [-0.39, 0.29) is 5.54 Å². The second-order valence-electron chi connectivity index (χ2n) is 6.25. The quantitative estimate of drug-likeness (QED) is 0.862. The first kappa shape index (κ1) is 17.7. The maximum atomic E-state index is 6.24. The van der Waals surface area contributed by atoms with Gasteiger partial charge in [0.2, 0.25) is 5.95 Å². The van der Waals surface area contributed by atoms with Crippen LogP contribution in [0.2, 0.25) is 10.0 Å². The highest BCUT2D eigenvalue weighted by Crippen LogP contribution is 2.36. The van der Waals surface area contributed by atoms with E-state index >= 15 is 0 Å². The number of hydrogen-bond acceptors (Lipinski definition) is 6. The summed E-state index contributed by atoms with van der Waals surface area (Å²) in [6.45, 7) is 3.85. The Balaban J connectivity index is 1.70. The predicted octanol–water partition coefficient (Wildman–Crippen LogP) is 4.04. The van der Waals surface area contributed by atoms with E-state index in [1.165, 1.54) is 11.8 Å². The normalized spacial score (nSPS) is 21.6. The molecule has 3 rings (SSSR count). The molecule has 1 aromatic heterocycles. The van der Waals surface area contributed by atoms with Gasteiger partial charge in [0.15, 0.2) is 0 Å². The van der Waals surface area contributed by atoms with Crippen LogP contribution in [-0.2, 0) is 0 Å². The smallest absolute Gasteiger partial charge is 0.245 e. The van der Waals surface area contributed by atoms with Gasteiger partial charge in [-0.2, -0.15) is 0 Å². The van der Waals surface area contributed by atoms with E-state index in [9.17, 15) is 0 Å². The molecule has 24 heavy (non-hydrogen) atoms. The number of nitrogens with two attached hydrogens (primary N) is 1. The third-order valence-electron chi connectivity index (χ3n) is 4.07. The zero-order valence-electron chi connectivity index (χ0n) is 13.4. The molecule has 5 nitrogen and oxygen atoms in total. The van der Waals surface area contributed by atoms with Gasteiger partial charge in [0.05, 0.1) is 16.2 Å². The molecule has 128 valence electrons. The summed E-state index contributed by atoms with van der Waals surface area (Å²) < 4.78 is 0. The van der Waals surface area contributed by atoms with Gasteiger partial charge in [0.1, 0.15) is 5.03 Å². The summed E-state index contributed by atoms with van der Waals surface area (Å²) >= 11 is 13.6. The fraction of sp³-hybridized carbons (Fsp3) is 0.438. The molecule has 1 unspecified atom stereocenters. The highest BCUT2D eigenvalue weighted by Gasteiger charge is 2.24. The van der Waals surface area contributed by atoms with E-state index in [0.717, 1.165) is 37.2 Å². The molecule has 8 heteroatoms. The van der Waals surface area contributed by atoms with Crippen molar-refractivity contribution in [3.05, 3.63) is 34.4 Å². The highest BCUT2D eigenvalue weighted by molar-refractivity contribution is 7.99. The highest BCUT2D eigenvalue weighted by atomic mass is 35.5. The summed E-state index contributed by atoms with van der Waals surface area (Å²) in [6.07, 6.45) is 4.69. The van der Waals surface area contributed by atoms with Crippen LogP contribution in [0.15, 0.2) is 34.3 Å². The second-order valence-corrected chi connectivity index (χ2v) is 8.09. The first-order chi connectivity index (χ1) is 11.4. The SMILES string of the molecule is CC1(N)CCCN(c2ncc(Sc3cccc(Cl)c3Cl)nn2)CC1. The van der Waals surface area contributed by atoms with Gasteiger partial charge in [-0.25, -0.2) is 4.98 Å². The van der Waals surface area contributed by atoms with Crippen LogP contribution in [-0.4, -0.2) is 33.8 Å². The number of rotatable bonds is 3. The molecule has 0 radical (unpaired) electrons. The van der Waals surface area contributed by atoms with Crippen molar-refractivity contribution in [1.82, 2.24) is 15.2 Å². The number of benzene rings is 1. The summed E-state index contributed by atoms with van der Waals surface area (Å²) in [5, 5.41) is 10.3. The zero-order chi connectivity index (χ0) is 17.2. The van der Waals surface area contributed by atoms with Crippen LogP contribution >= 0.6 is 35.0 Å². The Labute approximate surface area is 155 Å². The van der Waals surface area contributed by atoms with E-state index in [4.69, 9.17) is 28.9 Å². The minimum atomic E-state index is -0.110. The Morgan fingerprint density at radius 3 is 2.79 bits per heavy atom. The van der Waals surface area contributed by atoms with Crippen LogP contribution in [0.25, 0.3) is 0 Å². The van der Waals surface area contributed by atoms with Gasteiger partial charge >= 0.3 is 0 Å². The standard InChI is InChI=1S/C16H19Cl2N5S/c1-16(19)6-3-8-23(9-7-16)15-20-10-13(21-22-15)24-12-5-2-4-11(17)14(12)18/h2,4-5,10H,3,6-9,19H2,1H3. The van der Waals surface area contributed by atoms with E-state index in [1.54, 1.807) is 12.3 Å². The van der Waals surface area contributed by atoms with Crippen molar-refractivity contribution in [2.45, 2.75) is 41.6 Å². The average Bonchev–Trinajstić information content (AvgIpc) is 2.73. The summed E-state index contributed by atoms with van der Waals surface area (Å²) in [7, 11) is 0. The molecule has 2 N–H and O–H groups in total. The molecule has 1 saturated heterocycles. The van der Waals surface area contributed by atoms with Crippen molar-refractivity contribution >= 4 is 40.9 Å². The van der Waals surface area contributed by atoms with Crippen molar-refractivity contribution in [3.8, 4) is 0 Å². The number of halogens is 2. The average molecular weight is 384 g/mol. The molecule has 2 aromatic rings. The minimum absolute atomic E-state index is 0.110. The molecule has 0 aliphatic carbocycles. The zero-order valence-corrected chi connectivity index (χ0v) is 15.7. The first-order valence-electron chi connectivity index (χ1n) is 7.80. The van der Waals surface area contributed by atoms with Crippen LogP contribution in [0.1, 0.15) is 26.2 Å². The summed E-state index contributed by atoms with van der Waals surface area (Å²) in [5.41, 5.74) is 6.13. The number of nitrogens with zero attached hydrogens (tertiary/aromatic N) is 4. The van der Waals surface area contributed by atoms with Gasteiger partial charge in [-0.3, -0.25) is 0 Å². The van der Waals surface area contributed by atoms with E-state index in [0.29, 0.717) is 21.0 Å². The van der Waals surface area contributed by atoms with E-state index in [2.05, 4.69) is 27.0 Å². The third kappa shape index (κ3) is 4.30. The molecule has 0 bridgehead atoms. The number of anilines is 1. The number of hydrogen-bond donors (Lipinski definition) is 1. The van der Waals surface area contributed by atoms with Gasteiger partial charge in [-0.1, -0.05) is 41.0 Å². The lowest BCUT2D eigenvalue weighted by Crippen LogP contribution is -2.37. The van der Waals surface area contributed by atoms with Crippen LogP contribution in [0, 0.1) is 0 Å². The molecular weight excluding hydrogens is 365 g/mol. The number of aromatic nitrogens is 3. The van der Waals surface area contributed by atoms with Crippen molar-refractivity contribution in [2.75, 3.05) is 18.0 Å². The Hall–Kier alpha value is -1.08. The van der Waals surface area contributed by atoms with Gasteiger partial charge < -0.3 is 10.6 Å². The third-order valence-corrected chi connectivity index (χ3v) is 5.96. The first-order valence-corrected chi connectivity index (χ1v) is 9.37.